The van der Waals surface area contributed by atoms with Crippen LogP contribution in [0.1, 0.15) is 31.7 Å². The zero-order valence-corrected chi connectivity index (χ0v) is 11.4. The summed E-state index contributed by atoms with van der Waals surface area (Å²) in [7, 11) is -3.40. The lowest BCUT2D eigenvalue weighted by Crippen LogP contribution is -2.39. The van der Waals surface area contributed by atoms with E-state index in [0.29, 0.717) is 12.1 Å². The lowest BCUT2D eigenvalue weighted by molar-refractivity contribution is 0.166. The van der Waals surface area contributed by atoms with E-state index in [4.69, 9.17) is 5.11 Å². The Balaban J connectivity index is 2.03. The fourth-order valence-electron chi connectivity index (χ4n) is 1.87. The Kier molecular flexibility index (Phi) is 3.58. The molecule has 17 heavy (non-hydrogen) atoms. The molecule has 1 saturated carbocycles. The molecule has 1 aromatic rings. The van der Waals surface area contributed by atoms with Gasteiger partial charge in [-0.1, -0.05) is 13.3 Å². The minimum atomic E-state index is -3.40. The van der Waals surface area contributed by atoms with Gasteiger partial charge in [-0.05, 0) is 35.3 Å². The maximum Gasteiger partial charge on any atom is 0.250 e. The van der Waals surface area contributed by atoms with Gasteiger partial charge in [-0.25, -0.2) is 13.1 Å². The van der Waals surface area contributed by atoms with Crippen molar-refractivity contribution in [3.8, 4) is 0 Å². The van der Waals surface area contributed by atoms with E-state index in [0.717, 1.165) is 24.2 Å². The van der Waals surface area contributed by atoms with E-state index >= 15 is 0 Å². The van der Waals surface area contributed by atoms with E-state index < -0.39 is 10.0 Å². The van der Waals surface area contributed by atoms with Crippen LogP contribution in [0, 0.1) is 5.41 Å². The van der Waals surface area contributed by atoms with Gasteiger partial charge >= 0.3 is 0 Å². The SMILES string of the molecule is CC1(CNS(=O)(=O)c2cc(CO)cs2)CCC1. The number of aliphatic hydroxyl groups is 1. The lowest BCUT2D eigenvalue weighted by Gasteiger charge is -2.38. The molecule has 0 amide bonds. The molecule has 2 rings (SSSR count). The minimum absolute atomic E-state index is 0.121. The highest BCUT2D eigenvalue weighted by atomic mass is 32.2. The van der Waals surface area contributed by atoms with Gasteiger partial charge in [-0.3, -0.25) is 0 Å². The first-order valence-electron chi connectivity index (χ1n) is 5.63. The molecule has 4 nitrogen and oxygen atoms in total. The van der Waals surface area contributed by atoms with Crippen molar-refractivity contribution in [2.45, 2.75) is 37.0 Å². The van der Waals surface area contributed by atoms with E-state index in [1.165, 1.54) is 12.5 Å². The van der Waals surface area contributed by atoms with E-state index in [9.17, 15) is 8.42 Å². The third kappa shape index (κ3) is 2.88. The summed E-state index contributed by atoms with van der Waals surface area (Å²) >= 11 is 1.15. The zero-order valence-electron chi connectivity index (χ0n) is 9.77. The Hall–Kier alpha value is -0.430. The number of sulfonamides is 1. The van der Waals surface area contributed by atoms with Crippen LogP contribution in [0.2, 0.25) is 0 Å². The summed E-state index contributed by atoms with van der Waals surface area (Å²) in [6, 6.07) is 1.52. The molecule has 2 N–H and O–H groups in total. The molecule has 1 aliphatic rings. The van der Waals surface area contributed by atoms with Crippen LogP contribution < -0.4 is 4.72 Å². The first-order chi connectivity index (χ1) is 7.95. The van der Waals surface area contributed by atoms with Gasteiger partial charge in [0.15, 0.2) is 0 Å². The van der Waals surface area contributed by atoms with Crippen LogP contribution in [0.4, 0.5) is 0 Å². The van der Waals surface area contributed by atoms with Gasteiger partial charge in [0.1, 0.15) is 4.21 Å². The molecule has 0 bridgehead atoms. The van der Waals surface area contributed by atoms with E-state index in [2.05, 4.69) is 11.6 Å². The van der Waals surface area contributed by atoms with Crippen molar-refractivity contribution in [3.05, 3.63) is 17.0 Å². The quantitative estimate of drug-likeness (QED) is 0.859. The van der Waals surface area contributed by atoms with Gasteiger partial charge < -0.3 is 5.11 Å². The fraction of sp³-hybridized carbons (Fsp3) is 0.636. The van der Waals surface area contributed by atoms with Crippen molar-refractivity contribution in [1.29, 1.82) is 0 Å². The number of thiophene rings is 1. The van der Waals surface area contributed by atoms with Gasteiger partial charge in [0.2, 0.25) is 10.0 Å². The molecule has 0 aliphatic heterocycles. The van der Waals surface area contributed by atoms with Crippen LogP contribution in [-0.4, -0.2) is 20.1 Å². The molecule has 0 spiro atoms. The summed E-state index contributed by atoms with van der Waals surface area (Å²) < 4.78 is 26.9. The second kappa shape index (κ2) is 4.68. The first-order valence-corrected chi connectivity index (χ1v) is 7.99. The number of nitrogens with one attached hydrogen (secondary N) is 1. The number of hydrogen-bond acceptors (Lipinski definition) is 4. The Bertz CT molecular complexity index is 489. The Morgan fingerprint density at radius 3 is 2.71 bits per heavy atom. The Morgan fingerprint density at radius 2 is 2.24 bits per heavy atom. The normalized spacial score (nSPS) is 18.9. The molecule has 0 aromatic carbocycles. The van der Waals surface area contributed by atoms with Crippen LogP contribution >= 0.6 is 11.3 Å². The van der Waals surface area contributed by atoms with E-state index in [1.54, 1.807) is 5.38 Å². The summed E-state index contributed by atoms with van der Waals surface area (Å²) in [5, 5.41) is 10.6. The van der Waals surface area contributed by atoms with Crippen LogP contribution in [0.25, 0.3) is 0 Å². The largest absolute Gasteiger partial charge is 0.392 e. The molecule has 1 fully saturated rings. The molecule has 6 heteroatoms. The van der Waals surface area contributed by atoms with Crippen LogP contribution in [-0.2, 0) is 16.6 Å². The average Bonchev–Trinajstić information content (AvgIpc) is 2.73. The fourth-order valence-corrected chi connectivity index (χ4v) is 4.32. The molecule has 0 atom stereocenters. The number of rotatable bonds is 5. The first kappa shape index (κ1) is 13.0. The second-order valence-electron chi connectivity index (χ2n) is 4.92. The molecule has 1 aromatic heterocycles. The van der Waals surface area contributed by atoms with Crippen molar-refractivity contribution >= 4 is 21.4 Å². The molecule has 96 valence electrons. The monoisotopic (exact) mass is 275 g/mol. The third-order valence-corrected chi connectivity index (χ3v) is 6.22. The molecule has 0 radical (unpaired) electrons. The van der Waals surface area contributed by atoms with Crippen LogP contribution in [0.3, 0.4) is 0 Å². The van der Waals surface area contributed by atoms with Gasteiger partial charge in [-0.2, -0.15) is 0 Å². The Labute approximate surface area is 106 Å². The molecular weight excluding hydrogens is 258 g/mol. The second-order valence-corrected chi connectivity index (χ2v) is 7.83. The molecular formula is C11H17NO3S2. The maximum atomic E-state index is 12.0. The van der Waals surface area contributed by atoms with Gasteiger partial charge in [0, 0.05) is 6.54 Å². The average molecular weight is 275 g/mol. The Morgan fingerprint density at radius 1 is 1.53 bits per heavy atom. The van der Waals surface area contributed by atoms with Crippen molar-refractivity contribution in [2.24, 2.45) is 5.41 Å². The highest BCUT2D eigenvalue weighted by Crippen LogP contribution is 2.39. The minimum Gasteiger partial charge on any atom is -0.392 e. The van der Waals surface area contributed by atoms with Crippen LogP contribution in [0.15, 0.2) is 15.7 Å². The zero-order chi connectivity index (χ0) is 12.5. The third-order valence-electron chi connectivity index (χ3n) is 3.33. The van der Waals surface area contributed by atoms with E-state index in [1.807, 2.05) is 0 Å². The van der Waals surface area contributed by atoms with Crippen molar-refractivity contribution in [1.82, 2.24) is 4.72 Å². The number of hydrogen-bond donors (Lipinski definition) is 2. The maximum absolute atomic E-state index is 12.0. The van der Waals surface area contributed by atoms with Crippen molar-refractivity contribution in [2.75, 3.05) is 6.54 Å². The molecule has 1 heterocycles. The lowest BCUT2D eigenvalue weighted by atomic mass is 9.71. The topological polar surface area (TPSA) is 66.4 Å². The smallest absolute Gasteiger partial charge is 0.250 e. The predicted molar refractivity (Wildman–Crippen MR) is 67.4 cm³/mol. The van der Waals surface area contributed by atoms with Crippen LogP contribution in [0.5, 0.6) is 0 Å². The highest BCUT2D eigenvalue weighted by Gasteiger charge is 2.33. The summed E-state index contributed by atoms with van der Waals surface area (Å²) in [6.07, 6.45) is 3.36. The van der Waals surface area contributed by atoms with Gasteiger partial charge in [0.05, 0.1) is 6.61 Å². The molecule has 1 aliphatic carbocycles. The summed E-state index contributed by atoms with van der Waals surface area (Å²) in [5.74, 6) is 0. The molecule has 0 saturated heterocycles. The number of aliphatic hydroxyl groups excluding tert-OH is 1. The van der Waals surface area contributed by atoms with E-state index in [-0.39, 0.29) is 16.2 Å². The van der Waals surface area contributed by atoms with Crippen molar-refractivity contribution < 1.29 is 13.5 Å². The standard InChI is InChI=1S/C11H17NO3S2/c1-11(3-2-4-11)8-12-17(14,15)10-5-9(6-13)7-16-10/h5,7,12-13H,2-4,6,8H2,1H3. The summed E-state index contributed by atoms with van der Waals surface area (Å²) in [6.45, 7) is 2.48. The summed E-state index contributed by atoms with van der Waals surface area (Å²) in [5.41, 5.74) is 0.773. The van der Waals surface area contributed by atoms with Gasteiger partial charge in [-0.15, -0.1) is 11.3 Å². The summed E-state index contributed by atoms with van der Waals surface area (Å²) in [4.78, 5) is 0. The highest BCUT2D eigenvalue weighted by molar-refractivity contribution is 7.91. The predicted octanol–water partition coefficient (Wildman–Crippen LogP) is 1.71. The van der Waals surface area contributed by atoms with Gasteiger partial charge in [0.25, 0.3) is 0 Å². The van der Waals surface area contributed by atoms with Crippen molar-refractivity contribution in [3.63, 3.8) is 0 Å². The molecule has 0 unspecified atom stereocenters.